The van der Waals surface area contributed by atoms with E-state index in [4.69, 9.17) is 11.5 Å². The molecule has 0 spiro atoms. The van der Waals surface area contributed by atoms with Crippen molar-refractivity contribution in [2.45, 2.75) is 148 Å². The molecule has 0 aliphatic carbocycles. The van der Waals surface area contributed by atoms with Gasteiger partial charge in [0.15, 0.2) is 0 Å². The molecule has 0 saturated carbocycles. The highest BCUT2D eigenvalue weighted by atomic mass is 14.5. The fourth-order valence-corrected chi connectivity index (χ4v) is 7.67. The summed E-state index contributed by atoms with van der Waals surface area (Å²) < 4.78 is 0. The Labute approximate surface area is 300 Å². The van der Waals surface area contributed by atoms with Crippen LogP contribution >= 0.6 is 0 Å². The van der Waals surface area contributed by atoms with E-state index in [1.165, 1.54) is 136 Å². The summed E-state index contributed by atoms with van der Waals surface area (Å²) in [5, 5.41) is 0. The van der Waals surface area contributed by atoms with Gasteiger partial charge in [-0.25, -0.2) is 0 Å². The SMILES string of the molecule is CCCCCCCCC(c1ccc(N)cc1)c1ccc(CC(CCC)c2ccc(C(CCCCCCCC)c3ccc(N)cc3)cc2)cc1. The van der Waals surface area contributed by atoms with Crippen LogP contribution < -0.4 is 11.5 Å². The number of benzene rings is 4. The van der Waals surface area contributed by atoms with Crippen molar-refractivity contribution >= 4 is 11.4 Å². The second-order valence-electron chi connectivity index (χ2n) is 14.6. The molecule has 0 amide bonds. The highest BCUT2D eigenvalue weighted by Crippen LogP contribution is 2.35. The predicted molar refractivity (Wildman–Crippen MR) is 216 cm³/mol. The third-order valence-electron chi connectivity index (χ3n) is 10.7. The second kappa shape index (κ2) is 21.5. The van der Waals surface area contributed by atoms with E-state index in [1.54, 1.807) is 0 Å². The van der Waals surface area contributed by atoms with Crippen LogP contribution in [-0.2, 0) is 6.42 Å². The normalized spacial score (nSPS) is 13.3. The molecule has 3 atom stereocenters. The standard InChI is InChI=1S/C47H66N2/c1-4-7-9-11-13-15-18-46(41-28-32-44(48)33-29-41)39-22-20-37(21-23-39)36-43(17-6-3)38-24-26-40(27-25-38)47(19-16-14-12-10-8-5-2)42-30-34-45(49)35-31-42/h20-35,43,46-47H,4-19,36,48-49H2,1-3H3. The van der Waals surface area contributed by atoms with E-state index in [2.05, 4.69) is 118 Å². The molecule has 4 N–H and O–H groups in total. The number of unbranched alkanes of at least 4 members (excludes halogenated alkanes) is 10. The molecule has 0 radical (unpaired) electrons. The average Bonchev–Trinajstić information content (AvgIpc) is 3.12. The fraction of sp³-hybridized carbons (Fsp3) is 0.489. The first-order valence-electron chi connectivity index (χ1n) is 19.9. The van der Waals surface area contributed by atoms with Gasteiger partial charge < -0.3 is 11.5 Å². The maximum absolute atomic E-state index is 6.07. The van der Waals surface area contributed by atoms with Crippen molar-refractivity contribution in [1.82, 2.24) is 0 Å². The minimum atomic E-state index is 0.420. The summed E-state index contributed by atoms with van der Waals surface area (Å²) in [6, 6.07) is 36.5. The molecule has 0 heterocycles. The lowest BCUT2D eigenvalue weighted by molar-refractivity contribution is 0.567. The highest BCUT2D eigenvalue weighted by Gasteiger charge is 2.18. The zero-order valence-electron chi connectivity index (χ0n) is 31.1. The van der Waals surface area contributed by atoms with Crippen LogP contribution in [0.1, 0.15) is 175 Å². The maximum atomic E-state index is 6.07. The number of anilines is 2. The van der Waals surface area contributed by atoms with Gasteiger partial charge in [-0.15, -0.1) is 0 Å². The first-order chi connectivity index (χ1) is 24.0. The molecule has 264 valence electrons. The maximum Gasteiger partial charge on any atom is 0.0314 e. The van der Waals surface area contributed by atoms with E-state index in [9.17, 15) is 0 Å². The van der Waals surface area contributed by atoms with Gasteiger partial charge in [0.05, 0.1) is 0 Å². The Bertz CT molecular complexity index is 1420. The molecule has 0 saturated heterocycles. The number of nitrogen functional groups attached to an aromatic ring is 2. The third kappa shape index (κ3) is 12.7. The summed E-state index contributed by atoms with van der Waals surface area (Å²) in [6.45, 7) is 6.90. The van der Waals surface area contributed by atoms with Crippen LogP contribution in [-0.4, -0.2) is 0 Å². The van der Waals surface area contributed by atoms with Gasteiger partial charge in [0.1, 0.15) is 0 Å². The predicted octanol–water partition coefficient (Wildman–Crippen LogP) is 13.7. The zero-order chi connectivity index (χ0) is 34.7. The molecule has 2 nitrogen and oxygen atoms in total. The van der Waals surface area contributed by atoms with E-state index >= 15 is 0 Å². The smallest absolute Gasteiger partial charge is 0.0314 e. The van der Waals surface area contributed by atoms with Crippen LogP contribution in [0.4, 0.5) is 11.4 Å². The van der Waals surface area contributed by atoms with Gasteiger partial charge in [0.25, 0.3) is 0 Å². The molecule has 0 aliphatic rings. The van der Waals surface area contributed by atoms with Crippen molar-refractivity contribution < 1.29 is 0 Å². The van der Waals surface area contributed by atoms with Crippen LogP contribution in [0.3, 0.4) is 0 Å². The van der Waals surface area contributed by atoms with Crippen molar-refractivity contribution in [1.29, 1.82) is 0 Å². The lowest BCUT2D eigenvalue weighted by Crippen LogP contribution is -2.06. The van der Waals surface area contributed by atoms with E-state index in [0.717, 1.165) is 17.8 Å². The van der Waals surface area contributed by atoms with E-state index in [1.807, 2.05) is 0 Å². The van der Waals surface area contributed by atoms with Crippen molar-refractivity contribution in [2.75, 3.05) is 11.5 Å². The van der Waals surface area contributed by atoms with Gasteiger partial charge in [-0.05, 0) is 89.2 Å². The number of rotatable bonds is 23. The molecule has 4 aromatic rings. The summed E-state index contributed by atoms with van der Waals surface area (Å²) in [5.74, 6) is 1.36. The number of hydrogen-bond donors (Lipinski definition) is 2. The van der Waals surface area contributed by atoms with Crippen molar-refractivity contribution in [3.8, 4) is 0 Å². The molecule has 4 rings (SSSR count). The molecular weight excluding hydrogens is 593 g/mol. The lowest BCUT2D eigenvalue weighted by atomic mass is 9.83. The largest absolute Gasteiger partial charge is 0.399 e. The highest BCUT2D eigenvalue weighted by molar-refractivity contribution is 5.44. The van der Waals surface area contributed by atoms with E-state index in [-0.39, 0.29) is 0 Å². The topological polar surface area (TPSA) is 52.0 Å². The first-order valence-corrected chi connectivity index (χ1v) is 19.9. The molecule has 49 heavy (non-hydrogen) atoms. The molecule has 0 aromatic heterocycles. The molecular formula is C47H66N2. The van der Waals surface area contributed by atoms with Crippen LogP contribution in [0.25, 0.3) is 0 Å². The van der Waals surface area contributed by atoms with Crippen molar-refractivity contribution in [2.24, 2.45) is 0 Å². The Morgan fingerprint density at radius 3 is 1.12 bits per heavy atom. The molecule has 0 fully saturated rings. The van der Waals surface area contributed by atoms with Gasteiger partial charge in [0.2, 0.25) is 0 Å². The summed E-state index contributed by atoms with van der Waals surface area (Å²) in [5.41, 5.74) is 22.3. The molecule has 3 unspecified atom stereocenters. The van der Waals surface area contributed by atoms with Gasteiger partial charge in [-0.3, -0.25) is 0 Å². The van der Waals surface area contributed by atoms with Crippen LogP contribution in [0, 0.1) is 0 Å². The second-order valence-corrected chi connectivity index (χ2v) is 14.6. The summed E-state index contributed by atoms with van der Waals surface area (Å²) in [4.78, 5) is 0. The monoisotopic (exact) mass is 659 g/mol. The molecule has 4 aromatic carbocycles. The quantitative estimate of drug-likeness (QED) is 0.0615. The van der Waals surface area contributed by atoms with E-state index < -0.39 is 0 Å². The van der Waals surface area contributed by atoms with E-state index in [0.29, 0.717) is 17.8 Å². The minimum Gasteiger partial charge on any atom is -0.399 e. The van der Waals surface area contributed by atoms with Crippen molar-refractivity contribution in [3.05, 3.63) is 130 Å². The zero-order valence-corrected chi connectivity index (χ0v) is 31.1. The summed E-state index contributed by atoms with van der Waals surface area (Å²) >= 11 is 0. The fourth-order valence-electron chi connectivity index (χ4n) is 7.67. The summed E-state index contributed by atoms with van der Waals surface area (Å²) in [6.07, 6.45) is 21.8. The Kier molecular flexibility index (Phi) is 16.8. The lowest BCUT2D eigenvalue weighted by Gasteiger charge is -2.22. The number of nitrogens with two attached hydrogens (primary N) is 2. The molecule has 2 heteroatoms. The summed E-state index contributed by atoms with van der Waals surface area (Å²) in [7, 11) is 0. The van der Waals surface area contributed by atoms with Crippen LogP contribution in [0.5, 0.6) is 0 Å². The molecule has 0 aliphatic heterocycles. The van der Waals surface area contributed by atoms with Gasteiger partial charge >= 0.3 is 0 Å². The Hall–Kier alpha value is -3.52. The van der Waals surface area contributed by atoms with Crippen LogP contribution in [0.15, 0.2) is 97.1 Å². The molecule has 0 bridgehead atoms. The minimum absolute atomic E-state index is 0.420. The van der Waals surface area contributed by atoms with Gasteiger partial charge in [-0.2, -0.15) is 0 Å². The van der Waals surface area contributed by atoms with Gasteiger partial charge in [0, 0.05) is 23.2 Å². The third-order valence-corrected chi connectivity index (χ3v) is 10.7. The van der Waals surface area contributed by atoms with Crippen LogP contribution in [0.2, 0.25) is 0 Å². The average molecular weight is 659 g/mol. The number of hydrogen-bond acceptors (Lipinski definition) is 2. The van der Waals surface area contributed by atoms with Crippen molar-refractivity contribution in [3.63, 3.8) is 0 Å². The Morgan fingerprint density at radius 2 is 0.714 bits per heavy atom. The first kappa shape index (κ1) is 38.3. The Balaban J connectivity index is 1.45. The Morgan fingerprint density at radius 1 is 0.367 bits per heavy atom. The van der Waals surface area contributed by atoms with Gasteiger partial charge in [-0.1, -0.05) is 177 Å².